The molecule has 13 heavy (non-hydrogen) atoms. The van der Waals surface area contributed by atoms with E-state index in [1.807, 2.05) is 17.8 Å². The van der Waals surface area contributed by atoms with E-state index in [4.69, 9.17) is 5.11 Å². The van der Waals surface area contributed by atoms with Gasteiger partial charge in [-0.1, -0.05) is 6.07 Å². The minimum atomic E-state index is 0.131. The van der Waals surface area contributed by atoms with E-state index in [2.05, 4.69) is 0 Å². The zero-order valence-corrected chi connectivity index (χ0v) is 8.05. The third-order valence-corrected chi connectivity index (χ3v) is 3.55. The Morgan fingerprint density at radius 3 is 2.77 bits per heavy atom. The summed E-state index contributed by atoms with van der Waals surface area (Å²) in [6, 6.07) is 4.87. The first kappa shape index (κ1) is 8.75. The number of hydrogen-bond acceptors (Lipinski definition) is 3. The summed E-state index contributed by atoms with van der Waals surface area (Å²) in [5.74, 6) is 3.08. The Labute approximate surface area is 81.6 Å². The molecule has 0 saturated carbocycles. The molecule has 0 aromatic heterocycles. The second kappa shape index (κ2) is 3.50. The first-order valence-electron chi connectivity index (χ1n) is 4.37. The molecule has 0 amide bonds. The Morgan fingerprint density at radius 1 is 1.31 bits per heavy atom. The van der Waals surface area contributed by atoms with Gasteiger partial charge in [0.15, 0.2) is 0 Å². The number of aromatic hydroxyl groups is 2. The van der Waals surface area contributed by atoms with Crippen molar-refractivity contribution in [1.29, 1.82) is 0 Å². The van der Waals surface area contributed by atoms with Crippen molar-refractivity contribution in [1.82, 2.24) is 0 Å². The summed E-state index contributed by atoms with van der Waals surface area (Å²) >= 11 is 1.92. The van der Waals surface area contributed by atoms with Crippen LogP contribution in [0, 0.1) is 0 Å². The van der Waals surface area contributed by atoms with Gasteiger partial charge >= 0.3 is 0 Å². The largest absolute Gasteiger partial charge is 0.508 e. The van der Waals surface area contributed by atoms with Crippen molar-refractivity contribution in [2.24, 2.45) is 0 Å². The van der Waals surface area contributed by atoms with E-state index in [9.17, 15) is 5.11 Å². The van der Waals surface area contributed by atoms with Gasteiger partial charge in [0.1, 0.15) is 11.5 Å². The third-order valence-electron chi connectivity index (χ3n) is 2.38. The Kier molecular flexibility index (Phi) is 2.36. The number of thioether (sulfide) groups is 1. The van der Waals surface area contributed by atoms with Crippen molar-refractivity contribution in [3.05, 3.63) is 23.8 Å². The number of rotatable bonds is 1. The Bertz CT molecular complexity index is 306. The van der Waals surface area contributed by atoms with Crippen LogP contribution < -0.4 is 0 Å². The molecule has 2 rings (SSSR count). The fourth-order valence-corrected chi connectivity index (χ4v) is 2.91. The lowest BCUT2D eigenvalue weighted by molar-refractivity contribution is 0.443. The van der Waals surface area contributed by atoms with Crippen LogP contribution in [0.1, 0.15) is 17.9 Å². The molecule has 0 aliphatic carbocycles. The van der Waals surface area contributed by atoms with Gasteiger partial charge in [-0.3, -0.25) is 0 Å². The summed E-state index contributed by atoms with van der Waals surface area (Å²) in [6.07, 6.45) is 1.13. The minimum absolute atomic E-state index is 0.131. The van der Waals surface area contributed by atoms with E-state index in [1.165, 1.54) is 11.8 Å². The van der Waals surface area contributed by atoms with Gasteiger partial charge in [0.2, 0.25) is 0 Å². The summed E-state index contributed by atoms with van der Waals surface area (Å²) in [5, 5.41) is 18.7. The van der Waals surface area contributed by atoms with Gasteiger partial charge in [-0.05, 0) is 29.7 Å². The first-order valence-corrected chi connectivity index (χ1v) is 5.52. The molecule has 2 N–H and O–H groups in total. The maximum absolute atomic E-state index is 9.58. The highest BCUT2D eigenvalue weighted by Crippen LogP contribution is 2.37. The monoisotopic (exact) mass is 196 g/mol. The van der Waals surface area contributed by atoms with E-state index in [1.54, 1.807) is 6.07 Å². The van der Waals surface area contributed by atoms with Gasteiger partial charge in [-0.15, -0.1) is 0 Å². The molecule has 70 valence electrons. The fraction of sp³-hybridized carbons (Fsp3) is 0.400. The average Bonchev–Trinajstić information content (AvgIpc) is 2.56. The van der Waals surface area contributed by atoms with Crippen LogP contribution in [0.3, 0.4) is 0 Å². The first-order chi connectivity index (χ1) is 6.27. The minimum Gasteiger partial charge on any atom is -0.508 e. The number of phenols is 2. The zero-order valence-electron chi connectivity index (χ0n) is 7.23. The van der Waals surface area contributed by atoms with Crippen LogP contribution in [0.25, 0.3) is 0 Å². The van der Waals surface area contributed by atoms with E-state index < -0.39 is 0 Å². The molecule has 0 spiro atoms. The Hall–Kier alpha value is -0.830. The molecule has 0 bridgehead atoms. The molecule has 1 heterocycles. The highest BCUT2D eigenvalue weighted by molar-refractivity contribution is 7.99. The summed E-state index contributed by atoms with van der Waals surface area (Å²) in [4.78, 5) is 0. The van der Waals surface area contributed by atoms with Gasteiger partial charge in [-0.2, -0.15) is 11.8 Å². The van der Waals surface area contributed by atoms with E-state index in [0.717, 1.165) is 17.7 Å². The topological polar surface area (TPSA) is 40.5 Å². The SMILES string of the molecule is Oc1ccc([C@H]2CCSC2)c(O)c1. The Balaban J connectivity index is 2.29. The molecule has 3 heteroatoms. The van der Waals surface area contributed by atoms with Crippen LogP contribution in [0.15, 0.2) is 18.2 Å². The third kappa shape index (κ3) is 1.75. The molecule has 0 radical (unpaired) electrons. The van der Waals surface area contributed by atoms with E-state index in [-0.39, 0.29) is 11.5 Å². The van der Waals surface area contributed by atoms with Crippen molar-refractivity contribution in [2.45, 2.75) is 12.3 Å². The van der Waals surface area contributed by atoms with Crippen LogP contribution >= 0.6 is 11.8 Å². The lowest BCUT2D eigenvalue weighted by atomic mass is 9.98. The smallest absolute Gasteiger partial charge is 0.122 e. The van der Waals surface area contributed by atoms with Crippen molar-refractivity contribution in [3.8, 4) is 11.5 Å². The van der Waals surface area contributed by atoms with Gasteiger partial charge in [0.25, 0.3) is 0 Å². The molecule has 1 atom stereocenters. The van der Waals surface area contributed by atoms with E-state index >= 15 is 0 Å². The maximum atomic E-state index is 9.58. The summed E-state index contributed by atoms with van der Waals surface area (Å²) in [6.45, 7) is 0. The number of hydrogen-bond donors (Lipinski definition) is 2. The second-order valence-electron chi connectivity index (χ2n) is 3.30. The molecule has 1 aliphatic heterocycles. The second-order valence-corrected chi connectivity index (χ2v) is 4.45. The van der Waals surface area contributed by atoms with Gasteiger partial charge in [-0.25, -0.2) is 0 Å². The van der Waals surface area contributed by atoms with E-state index in [0.29, 0.717) is 5.92 Å². The van der Waals surface area contributed by atoms with Gasteiger partial charge in [0, 0.05) is 11.8 Å². The van der Waals surface area contributed by atoms with Crippen molar-refractivity contribution < 1.29 is 10.2 Å². The molecule has 1 aromatic carbocycles. The molecule has 1 fully saturated rings. The van der Waals surface area contributed by atoms with Crippen molar-refractivity contribution in [2.75, 3.05) is 11.5 Å². The lowest BCUT2D eigenvalue weighted by Crippen LogP contribution is -1.95. The fourth-order valence-electron chi connectivity index (χ4n) is 1.66. The highest BCUT2D eigenvalue weighted by Gasteiger charge is 2.20. The lowest BCUT2D eigenvalue weighted by Gasteiger charge is -2.10. The molecule has 2 nitrogen and oxygen atoms in total. The zero-order chi connectivity index (χ0) is 9.26. The van der Waals surface area contributed by atoms with Crippen LogP contribution in [0.5, 0.6) is 11.5 Å². The molecule has 0 unspecified atom stereocenters. The maximum Gasteiger partial charge on any atom is 0.122 e. The molecule has 1 aromatic rings. The summed E-state index contributed by atoms with van der Waals surface area (Å²) in [7, 11) is 0. The number of phenolic OH excluding ortho intramolecular Hbond substituents is 2. The van der Waals surface area contributed by atoms with Crippen LogP contribution in [0.4, 0.5) is 0 Å². The van der Waals surface area contributed by atoms with Crippen LogP contribution in [0.2, 0.25) is 0 Å². The predicted octanol–water partition coefficient (Wildman–Crippen LogP) is 2.32. The molecular formula is C10H12O2S. The molecule has 1 saturated heterocycles. The predicted molar refractivity (Wildman–Crippen MR) is 54.5 cm³/mol. The molecular weight excluding hydrogens is 184 g/mol. The van der Waals surface area contributed by atoms with Gasteiger partial charge in [0.05, 0.1) is 0 Å². The van der Waals surface area contributed by atoms with Crippen LogP contribution in [-0.4, -0.2) is 21.7 Å². The Morgan fingerprint density at radius 2 is 2.15 bits per heavy atom. The quantitative estimate of drug-likeness (QED) is 0.724. The van der Waals surface area contributed by atoms with Crippen molar-refractivity contribution in [3.63, 3.8) is 0 Å². The van der Waals surface area contributed by atoms with Crippen molar-refractivity contribution >= 4 is 11.8 Å². The standard InChI is InChI=1S/C10H12O2S/c11-8-1-2-9(10(12)5-8)7-3-4-13-6-7/h1-2,5,7,11-12H,3-4,6H2/t7-/m0/s1. The average molecular weight is 196 g/mol. The number of benzene rings is 1. The normalized spacial score (nSPS) is 22.0. The highest BCUT2D eigenvalue weighted by atomic mass is 32.2. The van der Waals surface area contributed by atoms with Gasteiger partial charge < -0.3 is 10.2 Å². The summed E-state index contributed by atoms with van der Waals surface area (Å²) in [5.41, 5.74) is 0.975. The summed E-state index contributed by atoms with van der Waals surface area (Å²) < 4.78 is 0. The van der Waals surface area contributed by atoms with Crippen LogP contribution in [-0.2, 0) is 0 Å². The molecule has 1 aliphatic rings.